The van der Waals surface area contributed by atoms with Crippen molar-refractivity contribution < 1.29 is 18.7 Å². The van der Waals surface area contributed by atoms with Gasteiger partial charge in [0.05, 0.1) is 25.3 Å². The quantitative estimate of drug-likeness (QED) is 0.220. The van der Waals surface area contributed by atoms with Crippen LogP contribution in [0.4, 0.5) is 0 Å². The van der Waals surface area contributed by atoms with Gasteiger partial charge in [0.15, 0.2) is 0 Å². The van der Waals surface area contributed by atoms with Crippen LogP contribution in [-0.4, -0.2) is 42.7 Å². The number of ether oxygens (including phenoxy) is 2. The topological polar surface area (TPSA) is 64.8 Å². The number of aromatic nitrogens is 1. The second kappa shape index (κ2) is 12.8. The van der Waals surface area contributed by atoms with Crippen molar-refractivity contribution in [3.05, 3.63) is 108 Å². The molecule has 202 valence electrons. The van der Waals surface area contributed by atoms with E-state index in [4.69, 9.17) is 13.9 Å². The predicted octanol–water partition coefficient (Wildman–Crippen LogP) is 6.13. The lowest BCUT2D eigenvalue weighted by Crippen LogP contribution is -2.25. The summed E-state index contributed by atoms with van der Waals surface area (Å²) in [4.78, 5) is 19.5. The Bertz CT molecular complexity index is 1340. The first-order valence-corrected chi connectivity index (χ1v) is 13.7. The third kappa shape index (κ3) is 6.95. The van der Waals surface area contributed by atoms with E-state index in [1.165, 1.54) is 18.2 Å². The number of hydrogen-bond acceptors (Lipinski definition) is 6. The van der Waals surface area contributed by atoms with Crippen LogP contribution in [0, 0.1) is 18.8 Å². The van der Waals surface area contributed by atoms with E-state index in [0.717, 1.165) is 55.2 Å². The van der Waals surface area contributed by atoms with Crippen molar-refractivity contribution in [2.45, 2.75) is 32.7 Å². The second-order valence-electron chi connectivity index (χ2n) is 10.2. The van der Waals surface area contributed by atoms with Crippen molar-refractivity contribution in [3.63, 3.8) is 0 Å². The first kappa shape index (κ1) is 26.7. The van der Waals surface area contributed by atoms with Crippen molar-refractivity contribution in [2.24, 2.45) is 11.8 Å². The lowest BCUT2D eigenvalue weighted by molar-refractivity contribution is -0.146. The minimum atomic E-state index is -0.0995. The Morgan fingerprint density at radius 1 is 0.923 bits per heavy atom. The molecular formula is C33H36N2O4. The summed E-state index contributed by atoms with van der Waals surface area (Å²) in [6.45, 7) is 4.99. The Kier molecular flexibility index (Phi) is 8.74. The van der Waals surface area contributed by atoms with Crippen molar-refractivity contribution >= 4 is 5.97 Å². The van der Waals surface area contributed by atoms with E-state index < -0.39 is 0 Å². The number of hydrogen-bond donors (Lipinski definition) is 0. The summed E-state index contributed by atoms with van der Waals surface area (Å²) in [5, 5.41) is 0. The molecule has 0 saturated carbocycles. The number of rotatable bonds is 11. The number of benzene rings is 3. The average Bonchev–Trinajstić information content (AvgIpc) is 3.56. The van der Waals surface area contributed by atoms with Gasteiger partial charge in [0.2, 0.25) is 5.89 Å². The number of aryl methyl sites for hydroxylation is 2. The van der Waals surface area contributed by atoms with Crippen molar-refractivity contribution in [1.82, 2.24) is 9.88 Å². The van der Waals surface area contributed by atoms with Gasteiger partial charge in [0.1, 0.15) is 11.5 Å². The van der Waals surface area contributed by atoms with Crippen molar-refractivity contribution in [3.8, 4) is 17.2 Å². The molecule has 0 spiro atoms. The molecule has 2 atom stereocenters. The molecule has 5 rings (SSSR count). The molecule has 0 radical (unpaired) electrons. The van der Waals surface area contributed by atoms with E-state index in [2.05, 4.69) is 46.3 Å². The predicted molar refractivity (Wildman–Crippen MR) is 151 cm³/mol. The Hall–Kier alpha value is -3.90. The molecular weight excluding hydrogens is 488 g/mol. The second-order valence-corrected chi connectivity index (χ2v) is 10.2. The zero-order valence-electron chi connectivity index (χ0n) is 22.7. The Morgan fingerprint density at radius 3 is 2.36 bits per heavy atom. The maximum absolute atomic E-state index is 12.5. The van der Waals surface area contributed by atoms with Crippen LogP contribution in [0.3, 0.4) is 0 Å². The highest BCUT2D eigenvalue weighted by Crippen LogP contribution is 2.30. The molecule has 0 N–H and O–H groups in total. The Labute approximate surface area is 230 Å². The van der Waals surface area contributed by atoms with Gasteiger partial charge in [-0.2, -0.15) is 0 Å². The molecule has 6 nitrogen and oxygen atoms in total. The fraction of sp³-hybridized carbons (Fsp3) is 0.333. The fourth-order valence-electron chi connectivity index (χ4n) is 5.38. The number of methoxy groups -OCH3 is 1. The summed E-state index contributed by atoms with van der Waals surface area (Å²) in [6, 6.07) is 28.6. The zero-order valence-corrected chi connectivity index (χ0v) is 22.7. The van der Waals surface area contributed by atoms with Gasteiger partial charge in [-0.25, -0.2) is 4.98 Å². The Balaban J connectivity index is 1.11. The van der Waals surface area contributed by atoms with E-state index in [9.17, 15) is 4.79 Å². The minimum Gasteiger partial charge on any atom is -0.493 e. The third-order valence-electron chi connectivity index (χ3n) is 7.52. The summed E-state index contributed by atoms with van der Waals surface area (Å²) >= 11 is 0. The molecule has 1 fully saturated rings. The summed E-state index contributed by atoms with van der Waals surface area (Å²) < 4.78 is 17.0. The number of likely N-dealkylation sites (tertiary alicyclic amines) is 1. The maximum atomic E-state index is 12.5. The monoisotopic (exact) mass is 524 g/mol. The van der Waals surface area contributed by atoms with Gasteiger partial charge >= 0.3 is 5.97 Å². The van der Waals surface area contributed by atoms with Crippen LogP contribution in [0.2, 0.25) is 0 Å². The molecule has 1 aliphatic heterocycles. The molecule has 4 aromatic rings. The van der Waals surface area contributed by atoms with Gasteiger partial charge in [-0.1, -0.05) is 60.7 Å². The van der Waals surface area contributed by atoms with Crippen molar-refractivity contribution in [2.75, 3.05) is 26.8 Å². The highest BCUT2D eigenvalue weighted by Gasteiger charge is 2.37. The highest BCUT2D eigenvalue weighted by molar-refractivity contribution is 5.73. The van der Waals surface area contributed by atoms with Gasteiger partial charge in [0.25, 0.3) is 0 Å². The molecule has 0 unspecified atom stereocenters. The molecule has 0 bridgehead atoms. The maximum Gasteiger partial charge on any atom is 0.310 e. The SMILES string of the molecule is COC(=O)[C@@H]1CN(Cc2ccccc2)C[C@H]1CCc1ccc(OCCc2nc(-c3ccccc3)oc2C)cc1. The number of carbonyl (C=O) groups is 1. The van der Waals surface area contributed by atoms with Gasteiger partial charge in [-0.05, 0) is 61.1 Å². The van der Waals surface area contributed by atoms with Gasteiger partial charge < -0.3 is 13.9 Å². The average molecular weight is 525 g/mol. The molecule has 1 saturated heterocycles. The zero-order chi connectivity index (χ0) is 27.0. The molecule has 0 aliphatic carbocycles. The summed E-state index contributed by atoms with van der Waals surface area (Å²) in [6.07, 6.45) is 2.54. The number of esters is 1. The number of nitrogens with zero attached hydrogens (tertiary/aromatic N) is 2. The van der Waals surface area contributed by atoms with Crippen LogP contribution in [0.15, 0.2) is 89.3 Å². The Morgan fingerprint density at radius 2 is 1.64 bits per heavy atom. The molecule has 1 aliphatic rings. The lowest BCUT2D eigenvalue weighted by atomic mass is 9.90. The standard InChI is InChI=1S/C33H36N2O4/c1-24-31(34-32(39-24)27-11-7-4-8-12-27)19-20-38-29-17-14-25(15-18-29)13-16-28-22-35(23-30(28)33(36)37-2)21-26-9-5-3-6-10-26/h3-12,14-15,17-18,28,30H,13,16,19-23H2,1-2H3/t28-,30-/m1/s1. The van der Waals surface area contributed by atoms with Crippen molar-refractivity contribution in [1.29, 1.82) is 0 Å². The molecule has 0 amide bonds. The van der Waals surface area contributed by atoms with E-state index in [1.807, 2.05) is 55.5 Å². The molecule has 39 heavy (non-hydrogen) atoms. The minimum absolute atomic E-state index is 0.0799. The van der Waals surface area contributed by atoms with Crippen LogP contribution < -0.4 is 4.74 Å². The lowest BCUT2D eigenvalue weighted by Gasteiger charge is -2.16. The smallest absolute Gasteiger partial charge is 0.310 e. The largest absolute Gasteiger partial charge is 0.493 e. The van der Waals surface area contributed by atoms with E-state index in [0.29, 0.717) is 18.9 Å². The van der Waals surface area contributed by atoms with Gasteiger partial charge in [-0.15, -0.1) is 0 Å². The number of carbonyl (C=O) groups excluding carboxylic acids is 1. The summed E-state index contributed by atoms with van der Waals surface area (Å²) in [5.41, 5.74) is 4.41. The third-order valence-corrected chi connectivity index (χ3v) is 7.52. The van der Waals surface area contributed by atoms with Crippen LogP contribution in [-0.2, 0) is 28.9 Å². The molecule has 2 heterocycles. The van der Waals surface area contributed by atoms with E-state index in [1.54, 1.807) is 0 Å². The number of oxazole rings is 1. The van der Waals surface area contributed by atoms with Crippen LogP contribution >= 0.6 is 0 Å². The highest BCUT2D eigenvalue weighted by atomic mass is 16.5. The first-order valence-electron chi connectivity index (χ1n) is 13.7. The van der Waals surface area contributed by atoms with Crippen LogP contribution in [0.25, 0.3) is 11.5 Å². The van der Waals surface area contributed by atoms with Gasteiger partial charge in [0, 0.05) is 31.6 Å². The summed E-state index contributed by atoms with van der Waals surface area (Å²) in [5.74, 6) is 2.41. The first-order chi connectivity index (χ1) is 19.1. The van der Waals surface area contributed by atoms with Crippen LogP contribution in [0.1, 0.15) is 29.0 Å². The van der Waals surface area contributed by atoms with E-state index >= 15 is 0 Å². The molecule has 3 aromatic carbocycles. The molecule has 6 heteroatoms. The normalized spacial score (nSPS) is 17.3. The van der Waals surface area contributed by atoms with E-state index in [-0.39, 0.29) is 17.8 Å². The van der Waals surface area contributed by atoms with Crippen LogP contribution in [0.5, 0.6) is 5.75 Å². The fourth-order valence-corrected chi connectivity index (χ4v) is 5.38. The van der Waals surface area contributed by atoms with Gasteiger partial charge in [-0.3, -0.25) is 9.69 Å². The summed E-state index contributed by atoms with van der Waals surface area (Å²) in [7, 11) is 1.49. The molecule has 1 aromatic heterocycles.